The summed E-state index contributed by atoms with van der Waals surface area (Å²) in [7, 11) is 4.89. The van der Waals surface area contributed by atoms with Crippen molar-refractivity contribution in [1.82, 2.24) is 15.2 Å². The standard InChI is InChI=1S/C28H25ClN4O3S/c1-16-13-31-28(37-16)22-12-27(36-4)23(29)11-21(22)17-6-8-20-24(9-17)33-32-15-25(20)30-14-18-5-7-19(34-2)10-26(18)35-3/h5-13,15H,14H2,1-4H3,(H,30,33). The third-order valence-corrected chi connectivity index (χ3v) is 7.30. The Morgan fingerprint density at radius 2 is 1.73 bits per heavy atom. The van der Waals surface area contributed by atoms with E-state index in [4.69, 9.17) is 25.8 Å². The lowest BCUT2D eigenvalue weighted by molar-refractivity contribution is 0.391. The largest absolute Gasteiger partial charge is 0.497 e. The average Bonchev–Trinajstić information content (AvgIpc) is 3.37. The van der Waals surface area contributed by atoms with Crippen LogP contribution in [0.1, 0.15) is 10.4 Å². The van der Waals surface area contributed by atoms with Crippen LogP contribution < -0.4 is 19.5 Å². The van der Waals surface area contributed by atoms with Crippen molar-refractivity contribution in [2.75, 3.05) is 26.6 Å². The summed E-state index contributed by atoms with van der Waals surface area (Å²) in [6, 6.07) is 15.7. The van der Waals surface area contributed by atoms with Crippen molar-refractivity contribution in [3.8, 4) is 38.9 Å². The Morgan fingerprint density at radius 3 is 2.46 bits per heavy atom. The van der Waals surface area contributed by atoms with Crippen molar-refractivity contribution >= 4 is 39.5 Å². The lowest BCUT2D eigenvalue weighted by Crippen LogP contribution is -2.03. The summed E-state index contributed by atoms with van der Waals surface area (Å²) in [5.74, 6) is 2.10. The van der Waals surface area contributed by atoms with Gasteiger partial charge in [-0.15, -0.1) is 11.3 Å². The van der Waals surface area contributed by atoms with Crippen molar-refractivity contribution < 1.29 is 14.2 Å². The third kappa shape index (κ3) is 5.03. The number of nitrogens with one attached hydrogen (secondary N) is 1. The van der Waals surface area contributed by atoms with E-state index < -0.39 is 0 Å². The fourth-order valence-electron chi connectivity index (χ4n) is 4.16. The highest BCUT2D eigenvalue weighted by atomic mass is 35.5. The molecule has 0 amide bonds. The number of rotatable bonds is 8. The van der Waals surface area contributed by atoms with Crippen molar-refractivity contribution in [2.24, 2.45) is 0 Å². The number of fused-ring (bicyclic) bond motifs is 1. The Kier molecular flexibility index (Phi) is 7.12. The summed E-state index contributed by atoms with van der Waals surface area (Å²) in [4.78, 5) is 5.72. The molecule has 0 bridgehead atoms. The molecular weight excluding hydrogens is 508 g/mol. The fourth-order valence-corrected chi connectivity index (χ4v) is 5.20. The van der Waals surface area contributed by atoms with Crippen molar-refractivity contribution in [2.45, 2.75) is 13.5 Å². The van der Waals surface area contributed by atoms with Crippen molar-refractivity contribution in [1.29, 1.82) is 0 Å². The second kappa shape index (κ2) is 10.6. The predicted molar refractivity (Wildman–Crippen MR) is 149 cm³/mol. The lowest BCUT2D eigenvalue weighted by atomic mass is 9.98. The van der Waals surface area contributed by atoms with Gasteiger partial charge in [-0.25, -0.2) is 4.98 Å². The molecule has 1 N–H and O–H groups in total. The predicted octanol–water partition coefficient (Wildman–Crippen LogP) is 7.02. The van der Waals surface area contributed by atoms with Gasteiger partial charge in [-0.1, -0.05) is 17.7 Å². The number of nitrogens with zero attached hydrogens (tertiary/aromatic N) is 3. The van der Waals surface area contributed by atoms with Crippen LogP contribution in [0.25, 0.3) is 32.6 Å². The molecule has 3 aromatic carbocycles. The Bertz CT molecular complexity index is 1590. The summed E-state index contributed by atoms with van der Waals surface area (Å²) < 4.78 is 16.3. The fraction of sp³-hybridized carbons (Fsp3) is 0.179. The Hall–Kier alpha value is -3.88. The van der Waals surface area contributed by atoms with Crippen LogP contribution in [0.15, 0.2) is 60.9 Å². The number of methoxy groups -OCH3 is 3. The molecule has 0 saturated heterocycles. The summed E-state index contributed by atoms with van der Waals surface area (Å²) in [6.45, 7) is 2.59. The van der Waals surface area contributed by atoms with Gasteiger partial charge in [-0.05, 0) is 54.4 Å². The molecule has 5 aromatic rings. The molecule has 0 fully saturated rings. The van der Waals surface area contributed by atoms with E-state index in [1.165, 1.54) is 0 Å². The maximum absolute atomic E-state index is 6.53. The monoisotopic (exact) mass is 532 g/mol. The van der Waals surface area contributed by atoms with Crippen LogP contribution in [0.5, 0.6) is 17.2 Å². The highest BCUT2D eigenvalue weighted by Crippen LogP contribution is 2.41. The van der Waals surface area contributed by atoms with E-state index in [0.717, 1.165) is 60.2 Å². The number of anilines is 1. The van der Waals surface area contributed by atoms with Gasteiger partial charge >= 0.3 is 0 Å². The number of ether oxygens (including phenoxy) is 3. The minimum absolute atomic E-state index is 0.532. The SMILES string of the molecule is COc1ccc(CNc2cnnc3cc(-c4cc(Cl)c(OC)cc4-c4ncc(C)s4)ccc23)c(OC)c1. The van der Waals surface area contributed by atoms with Crippen molar-refractivity contribution in [3.63, 3.8) is 0 Å². The summed E-state index contributed by atoms with van der Waals surface area (Å²) >= 11 is 8.16. The molecule has 188 valence electrons. The van der Waals surface area contributed by atoms with Crippen LogP contribution in [-0.4, -0.2) is 36.5 Å². The number of hydrogen-bond donors (Lipinski definition) is 1. The Balaban J connectivity index is 1.51. The molecule has 0 unspecified atom stereocenters. The molecule has 0 atom stereocenters. The third-order valence-electron chi connectivity index (χ3n) is 6.06. The maximum Gasteiger partial charge on any atom is 0.138 e. The maximum atomic E-state index is 6.53. The van der Waals surface area contributed by atoms with Crippen LogP contribution in [0.3, 0.4) is 0 Å². The van der Waals surface area contributed by atoms with Gasteiger partial charge in [0.2, 0.25) is 0 Å². The lowest BCUT2D eigenvalue weighted by Gasteiger charge is -2.14. The molecule has 2 heterocycles. The highest BCUT2D eigenvalue weighted by Gasteiger charge is 2.16. The topological polar surface area (TPSA) is 78.4 Å². The first-order valence-electron chi connectivity index (χ1n) is 11.5. The van der Waals surface area contributed by atoms with Gasteiger partial charge in [0.05, 0.1) is 43.8 Å². The Morgan fingerprint density at radius 1 is 0.892 bits per heavy atom. The minimum Gasteiger partial charge on any atom is -0.497 e. The number of hydrogen-bond acceptors (Lipinski definition) is 8. The van der Waals surface area contributed by atoms with Crippen LogP contribution in [-0.2, 0) is 6.54 Å². The van der Waals surface area contributed by atoms with E-state index in [2.05, 4.69) is 26.6 Å². The summed E-state index contributed by atoms with van der Waals surface area (Å²) in [5.41, 5.74) is 5.50. The molecule has 37 heavy (non-hydrogen) atoms. The number of aryl methyl sites for hydroxylation is 1. The average molecular weight is 533 g/mol. The second-order valence-electron chi connectivity index (χ2n) is 8.33. The van der Waals surface area contributed by atoms with Gasteiger partial charge in [0, 0.05) is 40.2 Å². The molecule has 0 aliphatic heterocycles. The van der Waals surface area contributed by atoms with E-state index in [1.54, 1.807) is 38.9 Å². The quantitative estimate of drug-likeness (QED) is 0.230. The van der Waals surface area contributed by atoms with Gasteiger partial charge in [-0.3, -0.25) is 0 Å². The molecule has 9 heteroatoms. The summed E-state index contributed by atoms with van der Waals surface area (Å²) in [6.07, 6.45) is 3.60. The van der Waals surface area contributed by atoms with Gasteiger partial charge < -0.3 is 19.5 Å². The zero-order valence-corrected chi connectivity index (χ0v) is 22.4. The number of aromatic nitrogens is 3. The Labute approximate surface area is 224 Å². The number of benzene rings is 3. The molecule has 0 aliphatic rings. The molecular formula is C28H25ClN4O3S. The van der Waals surface area contributed by atoms with E-state index in [-0.39, 0.29) is 0 Å². The van der Waals surface area contributed by atoms with E-state index in [0.29, 0.717) is 17.3 Å². The summed E-state index contributed by atoms with van der Waals surface area (Å²) in [5, 5.41) is 14.5. The normalized spacial score (nSPS) is 10.9. The van der Waals surface area contributed by atoms with E-state index >= 15 is 0 Å². The number of halogens is 1. The molecule has 0 saturated carbocycles. The van der Waals surface area contributed by atoms with Crippen molar-refractivity contribution in [3.05, 3.63) is 76.4 Å². The smallest absolute Gasteiger partial charge is 0.138 e. The number of thiazole rings is 1. The zero-order chi connectivity index (χ0) is 25.9. The first-order valence-corrected chi connectivity index (χ1v) is 12.7. The molecule has 7 nitrogen and oxygen atoms in total. The van der Waals surface area contributed by atoms with Crippen LogP contribution in [0.2, 0.25) is 5.02 Å². The van der Waals surface area contributed by atoms with E-state index in [9.17, 15) is 0 Å². The van der Waals surface area contributed by atoms with E-state index in [1.807, 2.05) is 55.6 Å². The molecule has 5 rings (SSSR count). The van der Waals surface area contributed by atoms with Gasteiger partial charge in [0.1, 0.15) is 22.3 Å². The van der Waals surface area contributed by atoms with Gasteiger partial charge in [0.15, 0.2) is 0 Å². The molecule has 2 aromatic heterocycles. The highest BCUT2D eigenvalue weighted by molar-refractivity contribution is 7.15. The molecule has 0 aliphatic carbocycles. The molecule has 0 spiro atoms. The second-order valence-corrected chi connectivity index (χ2v) is 9.97. The first-order chi connectivity index (χ1) is 18.0. The van der Waals surface area contributed by atoms with Crippen LogP contribution >= 0.6 is 22.9 Å². The minimum atomic E-state index is 0.532. The van der Waals surface area contributed by atoms with Crippen LogP contribution in [0.4, 0.5) is 5.69 Å². The first kappa shape index (κ1) is 24.8. The zero-order valence-electron chi connectivity index (χ0n) is 20.8. The van der Waals surface area contributed by atoms with Gasteiger partial charge in [-0.2, -0.15) is 10.2 Å². The van der Waals surface area contributed by atoms with Crippen LogP contribution in [0, 0.1) is 6.92 Å². The van der Waals surface area contributed by atoms with Gasteiger partial charge in [0.25, 0.3) is 0 Å². The molecule has 0 radical (unpaired) electrons.